The molecule has 0 radical (unpaired) electrons. The minimum Gasteiger partial charge on any atom is -0.354 e. The van der Waals surface area contributed by atoms with Crippen LogP contribution in [0.3, 0.4) is 0 Å². The molecule has 0 aliphatic carbocycles. The Morgan fingerprint density at radius 2 is 1.54 bits per heavy atom. The Bertz CT molecular complexity index is 1440. The Balaban J connectivity index is 2.03. The van der Waals surface area contributed by atoms with Crippen molar-refractivity contribution in [2.24, 2.45) is 5.92 Å². The van der Waals surface area contributed by atoms with E-state index in [9.17, 15) is 18.0 Å². The summed E-state index contributed by atoms with van der Waals surface area (Å²) in [6.07, 6.45) is 0. The van der Waals surface area contributed by atoms with Crippen molar-refractivity contribution in [3.63, 3.8) is 0 Å². The predicted octanol–water partition coefficient (Wildman–Crippen LogP) is 6.27. The van der Waals surface area contributed by atoms with Gasteiger partial charge in [-0.05, 0) is 73.2 Å². The van der Waals surface area contributed by atoms with E-state index < -0.39 is 28.5 Å². The highest BCUT2D eigenvalue weighted by atomic mass is 79.9. The molecule has 9 heteroatoms. The van der Waals surface area contributed by atoms with Gasteiger partial charge in [-0.3, -0.25) is 13.9 Å². The molecule has 0 spiro atoms. The number of anilines is 1. The zero-order valence-corrected chi connectivity index (χ0v) is 27.0. The smallest absolute Gasteiger partial charge is 0.264 e. The number of hydrogen-bond donors (Lipinski definition) is 1. The molecule has 0 saturated heterocycles. The normalized spacial score (nSPS) is 12.3. The monoisotopic (exact) mass is 641 g/mol. The molecular formula is C32H40BrN3O4S. The summed E-state index contributed by atoms with van der Waals surface area (Å²) in [6.45, 7) is 11.8. The molecule has 0 fully saturated rings. The van der Waals surface area contributed by atoms with Gasteiger partial charge in [0.1, 0.15) is 12.6 Å². The summed E-state index contributed by atoms with van der Waals surface area (Å²) in [5.41, 5.74) is 3.17. The van der Waals surface area contributed by atoms with Gasteiger partial charge in [0.2, 0.25) is 11.8 Å². The van der Waals surface area contributed by atoms with Crippen LogP contribution in [0.15, 0.2) is 82.2 Å². The van der Waals surface area contributed by atoms with E-state index in [1.54, 1.807) is 43.3 Å². The first-order valence-corrected chi connectivity index (χ1v) is 16.0. The third kappa shape index (κ3) is 8.66. The maximum atomic E-state index is 14.0. The van der Waals surface area contributed by atoms with Crippen LogP contribution < -0.4 is 9.62 Å². The number of nitrogens with one attached hydrogen (secondary N) is 1. The number of carbonyl (C=O) groups excluding carboxylic acids is 2. The topological polar surface area (TPSA) is 86.8 Å². The molecule has 0 aliphatic rings. The average molecular weight is 643 g/mol. The van der Waals surface area contributed by atoms with Crippen LogP contribution in [0, 0.1) is 12.8 Å². The SMILES string of the molecule is Cc1ccc(S(=O)(=O)N(CC(=O)N(Cc2cccc(Br)c2)[C@H](C)C(=O)NCC(C)C)c2ccc(C(C)C)cc2)cc1. The summed E-state index contributed by atoms with van der Waals surface area (Å²) < 4.78 is 29.9. The van der Waals surface area contributed by atoms with E-state index in [1.807, 2.05) is 57.2 Å². The molecule has 1 atom stereocenters. The number of nitrogens with zero attached hydrogens (tertiary/aromatic N) is 2. The van der Waals surface area contributed by atoms with Crippen LogP contribution in [0.4, 0.5) is 5.69 Å². The van der Waals surface area contributed by atoms with Gasteiger partial charge in [0.25, 0.3) is 10.0 Å². The summed E-state index contributed by atoms with van der Waals surface area (Å²) in [5.74, 6) is -0.278. The number of halogens is 1. The lowest BCUT2D eigenvalue weighted by atomic mass is 10.0. The number of aryl methyl sites for hydroxylation is 1. The Morgan fingerprint density at radius 3 is 2.10 bits per heavy atom. The van der Waals surface area contributed by atoms with Crippen LogP contribution in [0.25, 0.3) is 0 Å². The van der Waals surface area contributed by atoms with E-state index in [0.29, 0.717) is 12.2 Å². The van der Waals surface area contributed by atoms with Crippen LogP contribution in [0.2, 0.25) is 0 Å². The zero-order valence-electron chi connectivity index (χ0n) is 24.6. The molecule has 0 bridgehead atoms. The number of carbonyl (C=O) groups is 2. The van der Waals surface area contributed by atoms with E-state index in [0.717, 1.165) is 25.5 Å². The van der Waals surface area contributed by atoms with Crippen molar-refractivity contribution in [2.75, 3.05) is 17.4 Å². The second-order valence-corrected chi connectivity index (χ2v) is 13.8. The van der Waals surface area contributed by atoms with Crippen LogP contribution in [-0.2, 0) is 26.2 Å². The number of sulfonamides is 1. The average Bonchev–Trinajstić information content (AvgIpc) is 2.93. The van der Waals surface area contributed by atoms with Crippen molar-refractivity contribution >= 4 is 43.5 Å². The Kier molecular flexibility index (Phi) is 11.2. The van der Waals surface area contributed by atoms with Crippen LogP contribution in [0.1, 0.15) is 57.2 Å². The molecule has 1 N–H and O–H groups in total. The highest BCUT2D eigenvalue weighted by Crippen LogP contribution is 2.27. The molecule has 41 heavy (non-hydrogen) atoms. The summed E-state index contributed by atoms with van der Waals surface area (Å²) in [6, 6.07) is 20.4. The molecule has 0 aliphatic heterocycles. The van der Waals surface area contributed by atoms with Crippen LogP contribution in [0.5, 0.6) is 0 Å². The summed E-state index contributed by atoms with van der Waals surface area (Å²) in [4.78, 5) is 28.7. The second-order valence-electron chi connectivity index (χ2n) is 11.0. The Labute approximate surface area is 253 Å². The fourth-order valence-electron chi connectivity index (χ4n) is 4.26. The van der Waals surface area contributed by atoms with Gasteiger partial charge < -0.3 is 10.2 Å². The molecule has 3 aromatic carbocycles. The first-order valence-electron chi connectivity index (χ1n) is 13.8. The fraction of sp³-hybridized carbons (Fsp3) is 0.375. The minimum absolute atomic E-state index is 0.0881. The first-order chi connectivity index (χ1) is 19.3. The first kappa shape index (κ1) is 32.3. The number of benzene rings is 3. The molecular weight excluding hydrogens is 602 g/mol. The summed E-state index contributed by atoms with van der Waals surface area (Å²) in [5, 5.41) is 2.90. The van der Waals surface area contributed by atoms with Gasteiger partial charge in [0.15, 0.2) is 0 Å². The number of amides is 2. The minimum atomic E-state index is -4.10. The summed E-state index contributed by atoms with van der Waals surface area (Å²) in [7, 11) is -4.10. The van der Waals surface area contributed by atoms with E-state index in [4.69, 9.17) is 0 Å². The highest BCUT2D eigenvalue weighted by Gasteiger charge is 2.32. The van der Waals surface area contributed by atoms with Gasteiger partial charge in [-0.2, -0.15) is 0 Å². The van der Waals surface area contributed by atoms with E-state index in [-0.39, 0.29) is 29.2 Å². The zero-order chi connectivity index (χ0) is 30.3. The molecule has 0 unspecified atom stereocenters. The number of hydrogen-bond acceptors (Lipinski definition) is 4. The molecule has 0 heterocycles. The van der Waals surface area contributed by atoms with Gasteiger partial charge in [-0.15, -0.1) is 0 Å². The van der Waals surface area contributed by atoms with Crippen molar-refractivity contribution < 1.29 is 18.0 Å². The standard InChI is InChI=1S/C32H40BrN3O4S/c1-22(2)19-34-32(38)25(6)35(20-26-8-7-9-28(33)18-26)31(37)21-36(29-14-12-27(13-15-29)23(3)4)41(39,40)30-16-10-24(5)11-17-30/h7-18,22-23,25H,19-21H2,1-6H3,(H,34,38)/t25-/m1/s1. The second kappa shape index (κ2) is 14.1. The van der Waals surface area contributed by atoms with Gasteiger partial charge in [0.05, 0.1) is 10.6 Å². The quantitative estimate of drug-likeness (QED) is 0.253. The van der Waals surface area contributed by atoms with Gasteiger partial charge in [0, 0.05) is 17.6 Å². The van der Waals surface area contributed by atoms with Crippen molar-refractivity contribution in [3.05, 3.63) is 94.0 Å². The molecule has 7 nitrogen and oxygen atoms in total. The fourth-order valence-corrected chi connectivity index (χ4v) is 6.12. The molecule has 3 aromatic rings. The third-order valence-corrected chi connectivity index (χ3v) is 9.11. The van der Waals surface area contributed by atoms with Crippen molar-refractivity contribution in [1.29, 1.82) is 0 Å². The van der Waals surface area contributed by atoms with Crippen LogP contribution >= 0.6 is 15.9 Å². The molecule has 0 aromatic heterocycles. The lowest BCUT2D eigenvalue weighted by molar-refractivity contribution is -0.139. The van der Waals surface area contributed by atoms with E-state index >= 15 is 0 Å². The third-order valence-electron chi connectivity index (χ3n) is 6.83. The predicted molar refractivity (Wildman–Crippen MR) is 168 cm³/mol. The van der Waals surface area contributed by atoms with E-state index in [1.165, 1.54) is 4.90 Å². The Morgan fingerprint density at radius 1 is 0.902 bits per heavy atom. The molecule has 0 saturated carbocycles. The Hall–Kier alpha value is -3.17. The molecule has 2 amide bonds. The lowest BCUT2D eigenvalue weighted by Crippen LogP contribution is -2.51. The van der Waals surface area contributed by atoms with Crippen molar-refractivity contribution in [3.8, 4) is 0 Å². The van der Waals surface area contributed by atoms with Crippen molar-refractivity contribution in [2.45, 2.75) is 64.9 Å². The maximum absolute atomic E-state index is 14.0. The number of rotatable bonds is 12. The lowest BCUT2D eigenvalue weighted by Gasteiger charge is -2.32. The van der Waals surface area contributed by atoms with E-state index in [2.05, 4.69) is 35.1 Å². The highest BCUT2D eigenvalue weighted by molar-refractivity contribution is 9.10. The molecule has 3 rings (SSSR count). The van der Waals surface area contributed by atoms with Crippen molar-refractivity contribution in [1.82, 2.24) is 10.2 Å². The maximum Gasteiger partial charge on any atom is 0.264 e. The largest absolute Gasteiger partial charge is 0.354 e. The van der Waals surface area contributed by atoms with Crippen LogP contribution in [-0.4, -0.2) is 44.3 Å². The van der Waals surface area contributed by atoms with Gasteiger partial charge in [-0.25, -0.2) is 8.42 Å². The molecule has 220 valence electrons. The van der Waals surface area contributed by atoms with Gasteiger partial charge >= 0.3 is 0 Å². The van der Waals surface area contributed by atoms with Gasteiger partial charge in [-0.1, -0.05) is 85.6 Å². The summed E-state index contributed by atoms with van der Waals surface area (Å²) >= 11 is 3.47.